The fourth-order valence-corrected chi connectivity index (χ4v) is 6.22. The quantitative estimate of drug-likeness (QED) is 0.587. The van der Waals surface area contributed by atoms with Gasteiger partial charge in [-0.1, -0.05) is 30.8 Å². The average molecular weight is 383 g/mol. The summed E-state index contributed by atoms with van der Waals surface area (Å²) in [5.74, 6) is 2.77. The van der Waals surface area contributed by atoms with Crippen LogP contribution >= 0.6 is 23.1 Å². The molecule has 0 radical (unpaired) electrons. The van der Waals surface area contributed by atoms with Crippen LogP contribution in [0.5, 0.6) is 0 Å². The Kier molecular flexibility index (Phi) is 6.30. The van der Waals surface area contributed by atoms with E-state index in [2.05, 4.69) is 18.0 Å². The SMILES string of the molecule is C[C@@H]1CN(C(=O)CCCSc2nc3ccccc3s2)CC[S@](=O)C1. The summed E-state index contributed by atoms with van der Waals surface area (Å²) >= 11 is 3.44. The first-order chi connectivity index (χ1) is 11.6. The molecule has 1 aromatic carbocycles. The molecule has 1 aliphatic rings. The van der Waals surface area contributed by atoms with Crippen LogP contribution in [0.15, 0.2) is 28.6 Å². The first-order valence-corrected chi connectivity index (χ1v) is 11.5. The van der Waals surface area contributed by atoms with E-state index < -0.39 is 10.8 Å². The second kappa shape index (κ2) is 8.45. The molecule has 130 valence electrons. The van der Waals surface area contributed by atoms with Crippen molar-refractivity contribution in [1.29, 1.82) is 0 Å². The molecule has 24 heavy (non-hydrogen) atoms. The summed E-state index contributed by atoms with van der Waals surface area (Å²) < 4.78 is 14.0. The number of thioether (sulfide) groups is 1. The number of rotatable bonds is 5. The van der Waals surface area contributed by atoms with Gasteiger partial charge in [-0.05, 0) is 24.5 Å². The zero-order chi connectivity index (χ0) is 16.9. The van der Waals surface area contributed by atoms with Crippen molar-refractivity contribution in [1.82, 2.24) is 9.88 Å². The van der Waals surface area contributed by atoms with Gasteiger partial charge in [0.05, 0.1) is 10.2 Å². The van der Waals surface area contributed by atoms with E-state index in [1.807, 2.05) is 23.1 Å². The van der Waals surface area contributed by atoms with Crippen molar-refractivity contribution in [3.05, 3.63) is 24.3 Å². The topological polar surface area (TPSA) is 50.3 Å². The molecule has 4 nitrogen and oxygen atoms in total. The number of fused-ring (bicyclic) bond motifs is 1. The summed E-state index contributed by atoms with van der Waals surface area (Å²) in [6, 6.07) is 8.15. The number of thiazole rings is 1. The van der Waals surface area contributed by atoms with Crippen molar-refractivity contribution in [2.45, 2.75) is 24.1 Å². The predicted octanol–water partition coefficient (Wildman–Crippen LogP) is 3.40. The van der Waals surface area contributed by atoms with Crippen molar-refractivity contribution in [2.24, 2.45) is 5.92 Å². The summed E-state index contributed by atoms with van der Waals surface area (Å²) in [4.78, 5) is 18.9. The summed E-state index contributed by atoms with van der Waals surface area (Å²) in [6.07, 6.45) is 1.42. The highest BCUT2D eigenvalue weighted by Gasteiger charge is 2.22. The standard InChI is InChI=1S/C17H22N2O2S3/c1-13-11-19(8-10-24(21)12-13)16(20)7-4-9-22-17-18-14-5-2-3-6-15(14)23-17/h2-3,5-6,13H,4,7-12H2,1H3/t13-,24+/m1/s1. The van der Waals surface area contributed by atoms with Crippen LogP contribution in [0.3, 0.4) is 0 Å². The van der Waals surface area contributed by atoms with Gasteiger partial charge in [0.15, 0.2) is 4.34 Å². The van der Waals surface area contributed by atoms with E-state index in [1.54, 1.807) is 23.1 Å². The van der Waals surface area contributed by atoms with E-state index in [0.29, 0.717) is 24.6 Å². The number of amides is 1. The molecule has 1 aromatic heterocycles. The van der Waals surface area contributed by atoms with Gasteiger partial charge in [-0.3, -0.25) is 9.00 Å². The van der Waals surface area contributed by atoms with E-state index in [4.69, 9.17) is 0 Å². The van der Waals surface area contributed by atoms with E-state index in [9.17, 15) is 9.00 Å². The van der Waals surface area contributed by atoms with Crippen molar-refractivity contribution in [3.8, 4) is 0 Å². The number of benzene rings is 1. The maximum Gasteiger partial charge on any atom is 0.222 e. The molecule has 2 aromatic rings. The minimum absolute atomic E-state index is 0.200. The molecular formula is C17H22N2O2S3. The van der Waals surface area contributed by atoms with Gasteiger partial charge >= 0.3 is 0 Å². The van der Waals surface area contributed by atoms with Crippen LogP contribution in [0.4, 0.5) is 0 Å². The van der Waals surface area contributed by atoms with Gasteiger partial charge < -0.3 is 4.90 Å². The number of hydrogen-bond acceptors (Lipinski definition) is 5. The maximum atomic E-state index is 12.4. The van der Waals surface area contributed by atoms with E-state index >= 15 is 0 Å². The molecule has 2 heterocycles. The Morgan fingerprint density at radius 1 is 1.46 bits per heavy atom. The third-order valence-electron chi connectivity index (χ3n) is 3.98. The molecule has 0 bridgehead atoms. The van der Waals surface area contributed by atoms with Gasteiger partial charge in [0.2, 0.25) is 5.91 Å². The first kappa shape index (κ1) is 17.9. The highest BCUT2D eigenvalue weighted by atomic mass is 32.2. The molecule has 0 unspecified atom stereocenters. The summed E-state index contributed by atoms with van der Waals surface area (Å²) in [6.45, 7) is 3.46. The number of aromatic nitrogens is 1. The lowest BCUT2D eigenvalue weighted by atomic mass is 10.2. The molecule has 7 heteroatoms. The Morgan fingerprint density at radius 2 is 2.29 bits per heavy atom. The monoisotopic (exact) mass is 382 g/mol. The Balaban J connectivity index is 1.44. The van der Waals surface area contributed by atoms with Crippen molar-refractivity contribution >= 4 is 50.0 Å². The highest BCUT2D eigenvalue weighted by Crippen LogP contribution is 2.29. The maximum absolute atomic E-state index is 12.4. The summed E-state index contributed by atoms with van der Waals surface area (Å²) in [5.41, 5.74) is 1.05. The lowest BCUT2D eigenvalue weighted by Gasteiger charge is -2.22. The zero-order valence-electron chi connectivity index (χ0n) is 13.8. The molecular weight excluding hydrogens is 360 g/mol. The van der Waals surface area contributed by atoms with Crippen molar-refractivity contribution < 1.29 is 9.00 Å². The molecule has 1 fully saturated rings. The smallest absolute Gasteiger partial charge is 0.222 e. The Morgan fingerprint density at radius 3 is 3.12 bits per heavy atom. The highest BCUT2D eigenvalue weighted by molar-refractivity contribution is 8.01. The Bertz CT molecular complexity index is 698. The fraction of sp³-hybridized carbons (Fsp3) is 0.529. The zero-order valence-corrected chi connectivity index (χ0v) is 16.2. The second-order valence-corrected chi connectivity index (χ2v) is 10.1. The van der Waals surface area contributed by atoms with Crippen LogP contribution in [-0.2, 0) is 15.6 Å². The van der Waals surface area contributed by atoms with Crippen LogP contribution in [-0.4, -0.2) is 50.3 Å². The van der Waals surface area contributed by atoms with E-state index in [-0.39, 0.29) is 5.91 Å². The van der Waals surface area contributed by atoms with Crippen LogP contribution in [0, 0.1) is 5.92 Å². The molecule has 1 amide bonds. The normalized spacial score (nSPS) is 21.8. The number of para-hydroxylation sites is 1. The number of carbonyl (C=O) groups is 1. The first-order valence-electron chi connectivity index (χ1n) is 8.23. The van der Waals surface area contributed by atoms with Gasteiger partial charge in [-0.25, -0.2) is 4.98 Å². The minimum atomic E-state index is -0.770. The van der Waals surface area contributed by atoms with Gasteiger partial charge in [0.25, 0.3) is 0 Å². The minimum Gasteiger partial charge on any atom is -0.341 e. The largest absolute Gasteiger partial charge is 0.341 e. The Hall–Kier alpha value is -0.920. The third kappa shape index (κ3) is 4.80. The summed E-state index contributed by atoms with van der Waals surface area (Å²) in [7, 11) is -0.770. The van der Waals surface area contributed by atoms with Gasteiger partial charge in [0.1, 0.15) is 0 Å². The van der Waals surface area contributed by atoms with Crippen molar-refractivity contribution in [3.63, 3.8) is 0 Å². The fourth-order valence-electron chi connectivity index (χ4n) is 2.81. The molecule has 0 spiro atoms. The number of nitrogens with zero attached hydrogens (tertiary/aromatic N) is 2. The summed E-state index contributed by atoms with van der Waals surface area (Å²) in [5, 5.41) is 0. The molecule has 1 saturated heterocycles. The molecule has 2 atom stereocenters. The molecule has 3 rings (SSSR count). The van der Waals surface area contributed by atoms with Gasteiger partial charge in [0, 0.05) is 47.6 Å². The van der Waals surface area contributed by atoms with Gasteiger partial charge in [-0.15, -0.1) is 11.3 Å². The third-order valence-corrected chi connectivity index (χ3v) is 7.82. The van der Waals surface area contributed by atoms with Crippen molar-refractivity contribution in [2.75, 3.05) is 30.3 Å². The molecule has 1 aliphatic heterocycles. The van der Waals surface area contributed by atoms with Crippen LogP contribution < -0.4 is 0 Å². The number of carbonyl (C=O) groups excluding carboxylic acids is 1. The van der Waals surface area contributed by atoms with Crippen LogP contribution in [0.1, 0.15) is 19.8 Å². The van der Waals surface area contributed by atoms with E-state index in [0.717, 1.165) is 34.3 Å². The average Bonchev–Trinajstić information content (AvgIpc) is 2.89. The van der Waals surface area contributed by atoms with Crippen LogP contribution in [0.2, 0.25) is 0 Å². The predicted molar refractivity (Wildman–Crippen MR) is 103 cm³/mol. The molecule has 0 saturated carbocycles. The lowest BCUT2D eigenvalue weighted by Crippen LogP contribution is -2.35. The Labute approximate surface area is 153 Å². The number of hydrogen-bond donors (Lipinski definition) is 0. The molecule has 0 aliphatic carbocycles. The molecule has 0 N–H and O–H groups in total. The second-order valence-electron chi connectivity index (χ2n) is 6.16. The lowest BCUT2D eigenvalue weighted by molar-refractivity contribution is -0.131. The van der Waals surface area contributed by atoms with E-state index in [1.165, 1.54) is 4.70 Å². The van der Waals surface area contributed by atoms with Gasteiger partial charge in [-0.2, -0.15) is 0 Å². The van der Waals surface area contributed by atoms with Crippen LogP contribution in [0.25, 0.3) is 10.2 Å².